The Morgan fingerprint density at radius 2 is 1.16 bits per heavy atom. The van der Waals surface area contributed by atoms with Crippen LogP contribution in [0.4, 0.5) is 4.39 Å². The third-order valence-corrected chi connectivity index (χ3v) is 23.1. The number of primary amides is 1. The Balaban J connectivity index is 0.917. The molecule has 7 rings (SSSR count). The van der Waals surface area contributed by atoms with Gasteiger partial charge >= 0.3 is 5.97 Å². The Morgan fingerprint density at radius 1 is 0.562 bits per heavy atom. The molecule has 0 radical (unpaired) electrons. The average Bonchev–Trinajstić information content (AvgIpc) is 1.01. The molecule has 7 aromatic rings. The molecule has 44 nitrogen and oxygen atoms in total. The third-order valence-electron chi connectivity index (χ3n) is 23.1. The van der Waals surface area contributed by atoms with Crippen molar-refractivity contribution in [1.29, 1.82) is 0 Å². The summed E-state index contributed by atoms with van der Waals surface area (Å²) in [5.41, 5.74) is 9.32. The van der Waals surface area contributed by atoms with Crippen molar-refractivity contribution in [3.05, 3.63) is 160 Å². The van der Waals surface area contributed by atoms with Gasteiger partial charge in [-0.15, -0.1) is 15.3 Å². The van der Waals surface area contributed by atoms with Crippen LogP contribution < -0.4 is 58.3 Å². The number of nitrogens with zero attached hydrogens (tertiary/aromatic N) is 7. The number of carbonyl (C=O) groups is 12. The van der Waals surface area contributed by atoms with Gasteiger partial charge in [0.2, 0.25) is 53.2 Å². The second kappa shape index (κ2) is 63.7. The SMILES string of the molecule is CCc1cc(OCCCCn2cc(COCCOCCOCCOCCOCCOCCOCCOCCNC(C)C)nn2)ccc1-c1ccc(C[C@H](NC(=O)[C@H](CC(=O)O)NC(=O)[C@H](CO)NC(=O)[C@@H](NC(=O)[C@](C)(CC(=O)[C@@H](NC(=O)CCC(=O)[C@H](Cc2nn[nH]n2)NC(=O)C(C)(C)C(=O)NCCc2cnc[nH]2)[C@@H](C)O)Cc2ccccc2F)[C@@H](C)O)C(=O)N[C@@H](CCCc2cc(C)cc(C)c2)C(N)=O)cc1. The zero-order valence-electron chi connectivity index (χ0n) is 83.8. The van der Waals surface area contributed by atoms with Crippen molar-refractivity contribution in [2.45, 2.75) is 233 Å². The summed E-state index contributed by atoms with van der Waals surface area (Å²) >= 11 is 0. The van der Waals surface area contributed by atoms with E-state index in [9.17, 15) is 78.0 Å². The number of carboxylic acids is 1. The van der Waals surface area contributed by atoms with Gasteiger partial charge in [0.1, 0.15) is 58.9 Å². The molecule has 0 aliphatic heterocycles. The summed E-state index contributed by atoms with van der Waals surface area (Å²) in [5.74, 6) is -13.3. The van der Waals surface area contributed by atoms with Gasteiger partial charge in [-0.2, -0.15) is 5.21 Å². The molecule has 0 bridgehead atoms. The number of unbranched alkanes of at least 4 members (excludes halogenated alkanes) is 1. The number of aliphatic hydroxyl groups excluding tert-OH is 3. The summed E-state index contributed by atoms with van der Waals surface area (Å²) in [5, 5.41) is 88.0. The van der Waals surface area contributed by atoms with Gasteiger partial charge in [-0.25, -0.2) is 9.37 Å². The second-order valence-corrected chi connectivity index (χ2v) is 36.0. The van der Waals surface area contributed by atoms with Crippen LogP contribution in [0.5, 0.6) is 5.75 Å². The maximum absolute atomic E-state index is 15.7. The lowest BCUT2D eigenvalue weighted by molar-refractivity contribution is -0.143. The Bertz CT molecular complexity index is 5110. The van der Waals surface area contributed by atoms with E-state index in [0.29, 0.717) is 167 Å². The quantitative estimate of drug-likeness (QED) is 0.0191. The lowest BCUT2D eigenvalue weighted by atomic mass is 9.76. The highest BCUT2D eigenvalue weighted by Crippen LogP contribution is 2.32. The van der Waals surface area contributed by atoms with Crippen LogP contribution in [0.2, 0.25) is 0 Å². The normalized spacial score (nSPS) is 13.9. The second-order valence-electron chi connectivity index (χ2n) is 36.0. The maximum Gasteiger partial charge on any atom is 0.305 e. The predicted molar refractivity (Wildman–Crippen MR) is 522 cm³/mol. The summed E-state index contributed by atoms with van der Waals surface area (Å²) < 4.78 is 68.2. The number of nitrogens with two attached hydrogens (primary N) is 1. The van der Waals surface area contributed by atoms with Crippen molar-refractivity contribution in [2.75, 3.05) is 125 Å². The maximum atomic E-state index is 15.7. The summed E-state index contributed by atoms with van der Waals surface area (Å²) in [6.07, 6.45) is 0.0352. The largest absolute Gasteiger partial charge is 0.494 e. The van der Waals surface area contributed by atoms with Crippen molar-refractivity contribution in [1.82, 2.24) is 93.4 Å². The van der Waals surface area contributed by atoms with Crippen molar-refractivity contribution in [2.24, 2.45) is 16.6 Å². The van der Waals surface area contributed by atoms with Gasteiger partial charge in [0.15, 0.2) is 17.4 Å². The molecule has 3 heterocycles. The molecule has 0 fully saturated rings. The lowest BCUT2D eigenvalue weighted by Gasteiger charge is -2.33. The van der Waals surface area contributed by atoms with Gasteiger partial charge in [0.25, 0.3) is 0 Å². The van der Waals surface area contributed by atoms with Crippen LogP contribution >= 0.6 is 0 Å². The molecule has 45 heteroatoms. The number of amides is 9. The van der Waals surface area contributed by atoms with Gasteiger partial charge in [-0.3, -0.25) is 62.2 Å². The van der Waals surface area contributed by atoms with Crippen molar-refractivity contribution in [3.63, 3.8) is 0 Å². The number of rotatable bonds is 75. The first kappa shape index (κ1) is 119. The van der Waals surface area contributed by atoms with E-state index in [1.54, 1.807) is 35.1 Å². The smallest absolute Gasteiger partial charge is 0.305 e. The molecule has 0 aliphatic carbocycles. The Hall–Kier alpha value is -12.4. The van der Waals surface area contributed by atoms with Crippen LogP contribution in [0, 0.1) is 30.5 Å². The number of aliphatic hydroxyl groups is 3. The number of ether oxygens (including phenoxy) is 9. The molecule has 0 saturated carbocycles. The summed E-state index contributed by atoms with van der Waals surface area (Å²) in [4.78, 5) is 175. The molecule has 0 saturated heterocycles. The molecule has 10 atom stereocenters. The van der Waals surface area contributed by atoms with Crippen LogP contribution in [-0.4, -0.2) is 323 Å². The summed E-state index contributed by atoms with van der Waals surface area (Å²) in [6.45, 7) is 24.0. The molecule has 4 aromatic carbocycles. The van der Waals surface area contributed by atoms with Crippen LogP contribution in [-0.2, 0) is 147 Å². The van der Waals surface area contributed by atoms with E-state index in [1.165, 1.54) is 45.3 Å². The molecule has 9 amide bonds. The van der Waals surface area contributed by atoms with Gasteiger partial charge in [-0.1, -0.05) is 116 Å². The van der Waals surface area contributed by atoms with E-state index in [0.717, 1.165) is 72.0 Å². The number of carbonyl (C=O) groups excluding carboxylic acids is 11. The van der Waals surface area contributed by atoms with Gasteiger partial charge in [-0.05, 0) is 138 Å². The number of Topliss-reactive ketones (excluding diaryl/α,β-unsaturated/α-hetero) is 2. The molecule has 17 N–H and O–H groups in total. The van der Waals surface area contributed by atoms with Gasteiger partial charge in [0, 0.05) is 76.1 Å². The summed E-state index contributed by atoms with van der Waals surface area (Å²) in [6, 6.07) is 11.9. The number of H-pyrrole nitrogens is 2. The van der Waals surface area contributed by atoms with Crippen LogP contribution in [0.15, 0.2) is 104 Å². The van der Waals surface area contributed by atoms with E-state index in [-0.39, 0.29) is 43.8 Å². The lowest BCUT2D eigenvalue weighted by Crippen LogP contribution is -2.62. The summed E-state index contributed by atoms with van der Waals surface area (Å²) in [7, 11) is 0. The minimum atomic E-state index is -2.15. The molecule has 0 aliphatic rings. The van der Waals surface area contributed by atoms with Gasteiger partial charge in [0.05, 0.1) is 162 Å². The number of nitrogens with one attached hydrogen (secondary N) is 11. The van der Waals surface area contributed by atoms with Crippen LogP contribution in [0.25, 0.3) is 11.1 Å². The van der Waals surface area contributed by atoms with E-state index in [2.05, 4.69) is 103 Å². The monoisotopic (exact) mass is 2020 g/mol. The topological polar surface area (TPSA) is 617 Å². The third kappa shape index (κ3) is 43.2. The Labute approximate surface area is 837 Å². The minimum Gasteiger partial charge on any atom is -0.494 e. The average molecular weight is 2020 g/mol. The molecule has 0 unspecified atom stereocenters. The minimum absolute atomic E-state index is 0.0220. The number of halogens is 1. The van der Waals surface area contributed by atoms with E-state index in [1.807, 2.05) is 63.4 Å². The number of tetrazole rings is 1. The standard InChI is InChI=1S/C99H144FN19O25/c1-11-70-53-75(144-33-15-14-32-119-59-74(113-118-119)61-143-48-47-142-46-45-141-44-43-140-42-41-139-40-39-138-38-37-137-36-35-136-34-31-103-63(2)3)25-26-76(70)71-23-21-68(22-24-71)52-80(91(129)106-78(90(101)128)20-16-17-69-50-64(4)49-65(5)51-69)107-92(130)81(55-87(126)127)108-93(131)82(60-120)109-94(132)89(67(7)122)112-97(135)99(10,56-72-18-12-13-19-77(72)100)57-84(124)88(66(6)121)111-86(125)28-27-83(123)79(54-85-114-116-117-115-85)110-96(134)98(8,9)95(133)104-30-29-73-58-102-62-105-73/h12-13,18-19,21-26,49-51,53,58-59,62-63,66-67,78-82,88-89,103,120-122H,11,14-17,20,27-48,52,54-57,60-61H2,1-10H3,(H2,101,128)(H,102,105)(H,104,133)(H,106,129)(H,107,130)(H,108,131)(H,109,132)(H,110,134)(H,111,125)(H,112,135)(H,126,127)(H,114,115,116,117)/t66-,67-,78+,79+,80+,81+,82+,88+,89+,99+/m1/s1. The van der Waals surface area contributed by atoms with Crippen molar-refractivity contribution in [3.8, 4) is 16.9 Å². The van der Waals surface area contributed by atoms with Crippen LogP contribution in [0.3, 0.4) is 0 Å². The number of ketones is 2. The van der Waals surface area contributed by atoms with E-state index < -0.39 is 181 Å². The zero-order valence-corrected chi connectivity index (χ0v) is 83.8. The first-order valence-electron chi connectivity index (χ1n) is 48.5. The van der Waals surface area contributed by atoms with Crippen molar-refractivity contribution >= 4 is 70.7 Å². The number of aromatic amines is 2. The molecule has 3 aromatic heterocycles. The first-order valence-corrected chi connectivity index (χ1v) is 48.5. The molecule has 144 heavy (non-hydrogen) atoms. The highest BCUT2D eigenvalue weighted by atomic mass is 19.1. The fraction of sp³-hybridized carbons (Fsp3) is 0.576. The number of carboxylic acid groups (broad SMARTS) is 1. The number of hydrogen-bond acceptors (Lipinski definition) is 31. The molecule has 792 valence electrons. The number of aryl methyl sites for hydroxylation is 5. The number of aliphatic carboxylic acids is 1. The van der Waals surface area contributed by atoms with Crippen molar-refractivity contribution < 1.29 is 125 Å². The Morgan fingerprint density at radius 3 is 1.74 bits per heavy atom. The van der Waals surface area contributed by atoms with Gasteiger partial charge < -0.3 is 122 Å². The number of imidazole rings is 1. The molecular formula is C99H144FN19O25. The fourth-order valence-electron chi connectivity index (χ4n) is 15.1. The highest BCUT2D eigenvalue weighted by molar-refractivity contribution is 6.06. The molecular weight excluding hydrogens is 1870 g/mol. The number of benzene rings is 4. The number of hydrogen-bond donors (Lipinski definition) is 16. The predicted octanol–water partition coefficient (Wildman–Crippen LogP) is 1.85. The Kier molecular flexibility index (Phi) is 52.4. The highest BCUT2D eigenvalue weighted by Gasteiger charge is 2.44. The van der Waals surface area contributed by atoms with E-state index in [4.69, 9.17) is 48.4 Å². The molecule has 0 spiro atoms. The van der Waals surface area contributed by atoms with E-state index >= 15 is 4.39 Å². The fourth-order valence-corrected chi connectivity index (χ4v) is 15.1. The number of aromatic nitrogens is 9. The first-order chi connectivity index (χ1) is 68.9. The van der Waals surface area contributed by atoms with Crippen LogP contribution in [0.1, 0.15) is 157 Å². The zero-order chi connectivity index (χ0) is 105.